The maximum atomic E-state index is 12.0. The average molecular weight is 553 g/mol. The summed E-state index contributed by atoms with van der Waals surface area (Å²) in [6, 6.07) is 2.97. The van der Waals surface area contributed by atoms with Crippen LogP contribution in [-0.2, 0) is 4.74 Å². The first-order valence-corrected chi connectivity index (χ1v) is 15.6. The van der Waals surface area contributed by atoms with Gasteiger partial charge in [0.1, 0.15) is 0 Å². The molecule has 0 amide bonds. The van der Waals surface area contributed by atoms with Crippen molar-refractivity contribution in [1.29, 1.82) is 0 Å². The van der Waals surface area contributed by atoms with Gasteiger partial charge in [-0.3, -0.25) is 0 Å². The molecule has 0 heterocycles. The summed E-state index contributed by atoms with van der Waals surface area (Å²) in [6.07, 6.45) is 22.8. The molecule has 0 bridgehead atoms. The van der Waals surface area contributed by atoms with Crippen molar-refractivity contribution in [3.8, 4) is 17.2 Å². The van der Waals surface area contributed by atoms with Crippen LogP contribution >= 0.6 is 0 Å². The summed E-state index contributed by atoms with van der Waals surface area (Å²) in [6.45, 7) is 1.60. The van der Waals surface area contributed by atoms with Crippen LogP contribution in [0.3, 0.4) is 0 Å². The number of hydrogen-bond donors (Lipinski definition) is 3. The Morgan fingerprint density at radius 2 is 0.974 bits per heavy atom. The average Bonchev–Trinajstić information content (AvgIpc) is 2.94. The molecule has 0 radical (unpaired) electrons. The van der Waals surface area contributed by atoms with Gasteiger partial charge in [-0.05, 0) is 37.8 Å². The van der Waals surface area contributed by atoms with Gasteiger partial charge in [0.15, 0.2) is 11.5 Å². The first-order chi connectivity index (χ1) is 19.1. The molecule has 0 fully saturated rings. The van der Waals surface area contributed by atoms with E-state index in [0.29, 0.717) is 37.9 Å². The van der Waals surface area contributed by atoms with E-state index in [1.54, 1.807) is 6.07 Å². The summed E-state index contributed by atoms with van der Waals surface area (Å²) in [5.41, 5.74) is 0.243. The van der Waals surface area contributed by atoms with E-state index in [4.69, 9.17) is 24.4 Å². The Balaban J connectivity index is 2.32. The van der Waals surface area contributed by atoms with Crippen molar-refractivity contribution >= 4 is 5.97 Å². The summed E-state index contributed by atoms with van der Waals surface area (Å²) in [7, 11) is 1.32. The van der Waals surface area contributed by atoms with Crippen molar-refractivity contribution < 1.29 is 34.3 Å². The molecule has 0 aliphatic rings. The normalized spacial score (nSPS) is 11.1. The van der Waals surface area contributed by atoms with E-state index < -0.39 is 5.97 Å². The second kappa shape index (κ2) is 25.0. The van der Waals surface area contributed by atoms with Crippen LogP contribution in [0.1, 0.15) is 139 Å². The molecule has 0 atom stereocenters. The second-order valence-corrected chi connectivity index (χ2v) is 10.5. The Morgan fingerprint density at radius 3 is 1.38 bits per heavy atom. The molecule has 1 aromatic carbocycles. The number of carbonyl (C=O) groups is 1. The van der Waals surface area contributed by atoms with Gasteiger partial charge in [0, 0.05) is 13.2 Å². The van der Waals surface area contributed by atoms with Gasteiger partial charge in [0.05, 0.1) is 25.9 Å². The van der Waals surface area contributed by atoms with Crippen molar-refractivity contribution in [2.75, 3.05) is 33.5 Å². The third-order valence-electron chi connectivity index (χ3n) is 7.07. The van der Waals surface area contributed by atoms with Crippen LogP contribution in [0.5, 0.6) is 17.2 Å². The number of phenols is 1. The molecule has 3 N–H and O–H groups in total. The number of aliphatic hydroxyl groups excluding tert-OH is 2. The summed E-state index contributed by atoms with van der Waals surface area (Å²) in [4.78, 5) is 12.0. The lowest BCUT2D eigenvalue weighted by Gasteiger charge is -2.15. The van der Waals surface area contributed by atoms with E-state index in [1.807, 2.05) is 0 Å². The van der Waals surface area contributed by atoms with Gasteiger partial charge in [0.2, 0.25) is 5.75 Å². The fraction of sp³-hybridized carbons (Fsp3) is 0.781. The number of aliphatic hydroxyl groups is 2. The van der Waals surface area contributed by atoms with Crippen LogP contribution in [0.25, 0.3) is 0 Å². The van der Waals surface area contributed by atoms with Gasteiger partial charge in [0.25, 0.3) is 0 Å². The maximum absolute atomic E-state index is 12.0. The number of benzene rings is 1. The maximum Gasteiger partial charge on any atom is 0.338 e. The van der Waals surface area contributed by atoms with Crippen LogP contribution < -0.4 is 9.47 Å². The number of ether oxygens (including phenoxy) is 3. The van der Waals surface area contributed by atoms with Gasteiger partial charge in [-0.15, -0.1) is 0 Å². The van der Waals surface area contributed by atoms with Crippen LogP contribution in [0.2, 0.25) is 0 Å². The monoisotopic (exact) mass is 552 g/mol. The molecule has 1 rings (SSSR count). The molecule has 0 saturated heterocycles. The van der Waals surface area contributed by atoms with Crippen molar-refractivity contribution in [3.05, 3.63) is 17.7 Å². The van der Waals surface area contributed by atoms with Crippen LogP contribution in [-0.4, -0.2) is 54.8 Å². The highest BCUT2D eigenvalue weighted by molar-refractivity contribution is 5.91. The Hall–Kier alpha value is -1.99. The van der Waals surface area contributed by atoms with Gasteiger partial charge in [-0.1, -0.05) is 103 Å². The number of esters is 1. The third kappa shape index (κ3) is 18.1. The Kier molecular flexibility index (Phi) is 22.5. The van der Waals surface area contributed by atoms with E-state index in [-0.39, 0.29) is 11.3 Å². The Morgan fingerprint density at radius 1 is 0.590 bits per heavy atom. The number of hydrogen-bond acceptors (Lipinski definition) is 7. The van der Waals surface area contributed by atoms with E-state index in [9.17, 15) is 9.90 Å². The number of carbonyl (C=O) groups excluding carboxylic acids is 1. The highest BCUT2D eigenvalue weighted by Crippen LogP contribution is 2.38. The number of rotatable bonds is 27. The Bertz CT molecular complexity index is 723. The van der Waals surface area contributed by atoms with Crippen molar-refractivity contribution in [2.45, 2.75) is 128 Å². The lowest BCUT2D eigenvalue weighted by molar-refractivity contribution is 0.0599. The minimum absolute atomic E-state index is 0.104. The van der Waals surface area contributed by atoms with E-state index >= 15 is 0 Å². The standard InChI is InChI=1S/C32H56O7/c1-37-32(36)28-26-29(35)31(39-25-21-17-13-9-5-3-7-11-15-19-23-34)30(27-28)38-24-20-16-12-8-4-2-6-10-14-18-22-33/h26-27,33-35H,2-25H2,1H3. The minimum atomic E-state index is -0.522. The lowest BCUT2D eigenvalue weighted by atomic mass is 10.1. The minimum Gasteiger partial charge on any atom is -0.504 e. The molecule has 0 spiro atoms. The molecular formula is C32H56O7. The molecule has 7 heteroatoms. The smallest absolute Gasteiger partial charge is 0.338 e. The second-order valence-electron chi connectivity index (χ2n) is 10.5. The molecule has 0 unspecified atom stereocenters. The molecule has 0 aromatic heterocycles. The number of unbranched alkanes of at least 4 members (excludes halogenated alkanes) is 18. The van der Waals surface area contributed by atoms with E-state index in [1.165, 1.54) is 90.2 Å². The SMILES string of the molecule is COC(=O)c1cc(O)c(OCCCCCCCCCCCCO)c(OCCCCCCCCCCCCO)c1. The first-order valence-electron chi connectivity index (χ1n) is 15.6. The zero-order valence-corrected chi connectivity index (χ0v) is 24.6. The molecule has 0 saturated carbocycles. The quantitative estimate of drug-likeness (QED) is 0.0757. The summed E-state index contributed by atoms with van der Waals surface area (Å²) in [5.74, 6) is 0.0609. The number of aromatic hydroxyl groups is 1. The fourth-order valence-electron chi connectivity index (χ4n) is 4.69. The van der Waals surface area contributed by atoms with E-state index in [2.05, 4.69) is 0 Å². The first kappa shape index (κ1) is 35.0. The Labute approximate surface area is 237 Å². The van der Waals surface area contributed by atoms with E-state index in [0.717, 1.165) is 51.4 Å². The van der Waals surface area contributed by atoms with Crippen LogP contribution in [0.4, 0.5) is 0 Å². The summed E-state index contributed by atoms with van der Waals surface area (Å²) in [5, 5.41) is 28.2. The fourth-order valence-corrected chi connectivity index (χ4v) is 4.69. The molecule has 39 heavy (non-hydrogen) atoms. The van der Waals surface area contributed by atoms with Crippen molar-refractivity contribution in [1.82, 2.24) is 0 Å². The molecule has 1 aromatic rings. The number of phenolic OH excluding ortho intramolecular Hbond substituents is 1. The van der Waals surface area contributed by atoms with Gasteiger partial charge < -0.3 is 29.5 Å². The van der Waals surface area contributed by atoms with Gasteiger partial charge >= 0.3 is 5.97 Å². The molecule has 0 aliphatic heterocycles. The highest BCUT2D eigenvalue weighted by atomic mass is 16.5. The zero-order chi connectivity index (χ0) is 28.4. The van der Waals surface area contributed by atoms with Crippen molar-refractivity contribution in [2.24, 2.45) is 0 Å². The van der Waals surface area contributed by atoms with Gasteiger partial charge in [-0.25, -0.2) is 4.79 Å². The predicted octanol–water partition coefficient (Wildman–Crippen LogP) is 7.72. The summed E-state index contributed by atoms with van der Waals surface area (Å²) < 4.78 is 16.7. The highest BCUT2D eigenvalue weighted by Gasteiger charge is 2.17. The largest absolute Gasteiger partial charge is 0.504 e. The lowest BCUT2D eigenvalue weighted by Crippen LogP contribution is -2.06. The third-order valence-corrected chi connectivity index (χ3v) is 7.07. The molecule has 226 valence electrons. The van der Waals surface area contributed by atoms with Crippen LogP contribution in [0.15, 0.2) is 12.1 Å². The molecule has 7 nitrogen and oxygen atoms in total. The summed E-state index contributed by atoms with van der Waals surface area (Å²) >= 11 is 0. The van der Waals surface area contributed by atoms with Crippen LogP contribution in [0, 0.1) is 0 Å². The number of methoxy groups -OCH3 is 1. The predicted molar refractivity (Wildman–Crippen MR) is 157 cm³/mol. The topological polar surface area (TPSA) is 105 Å². The molecular weight excluding hydrogens is 496 g/mol. The zero-order valence-electron chi connectivity index (χ0n) is 24.6. The van der Waals surface area contributed by atoms with Gasteiger partial charge in [-0.2, -0.15) is 0 Å². The molecule has 0 aliphatic carbocycles. The van der Waals surface area contributed by atoms with Crippen molar-refractivity contribution in [3.63, 3.8) is 0 Å².